The Balaban J connectivity index is 1.78. The van der Waals surface area contributed by atoms with E-state index in [1.807, 2.05) is 30.5 Å². The Morgan fingerprint density at radius 2 is 2.15 bits per heavy atom. The van der Waals surface area contributed by atoms with Crippen molar-refractivity contribution in [1.82, 2.24) is 4.90 Å². The number of amides is 1. The second kappa shape index (κ2) is 7.90. The quantitative estimate of drug-likeness (QED) is 0.677. The fourth-order valence-electron chi connectivity index (χ4n) is 2.02. The summed E-state index contributed by atoms with van der Waals surface area (Å²) in [5, 5.41) is 2.91. The van der Waals surface area contributed by atoms with Gasteiger partial charge in [0.2, 0.25) is 5.91 Å². The maximum Gasteiger partial charge on any atom is 0.234 e. The van der Waals surface area contributed by atoms with E-state index in [0.717, 1.165) is 28.0 Å². The van der Waals surface area contributed by atoms with Crippen molar-refractivity contribution in [2.45, 2.75) is 17.7 Å². The molecule has 1 amide bonds. The summed E-state index contributed by atoms with van der Waals surface area (Å²) in [6.07, 6.45) is 4.42. The molecule has 1 aromatic carbocycles. The number of carbonyl (C=O) groups is 1. The third kappa shape index (κ3) is 4.68. The molecular formula is C14H18N2OS3. The standard InChI is InChI=1S/C14H18N2OS3/c1-19-12-6-4-5-11(9-12)15-13(17)10-20-14(18)16-7-2-3-8-16/h4-6,9H,2-3,7-8,10H2,1H3,(H,15,17). The molecule has 1 fully saturated rings. The zero-order valence-electron chi connectivity index (χ0n) is 11.4. The predicted molar refractivity (Wildman–Crippen MR) is 92.7 cm³/mol. The predicted octanol–water partition coefficient (Wildman–Crippen LogP) is 3.46. The fourth-order valence-corrected chi connectivity index (χ4v) is 3.53. The first-order chi connectivity index (χ1) is 9.69. The van der Waals surface area contributed by atoms with Crippen molar-refractivity contribution in [2.75, 3.05) is 30.4 Å². The number of thiocarbonyl (C=S) groups is 1. The molecule has 1 aliphatic rings. The molecule has 2 rings (SSSR count). The second-order valence-electron chi connectivity index (χ2n) is 4.53. The fraction of sp³-hybridized carbons (Fsp3) is 0.429. The molecule has 1 aliphatic heterocycles. The van der Waals surface area contributed by atoms with Crippen LogP contribution in [0.4, 0.5) is 5.69 Å². The van der Waals surface area contributed by atoms with Gasteiger partial charge in [0.15, 0.2) is 0 Å². The molecule has 0 unspecified atom stereocenters. The average molecular weight is 327 g/mol. The van der Waals surface area contributed by atoms with Crippen LogP contribution in [0.2, 0.25) is 0 Å². The number of nitrogens with one attached hydrogen (secondary N) is 1. The Kier molecular flexibility index (Phi) is 6.19. The van der Waals surface area contributed by atoms with Gasteiger partial charge in [-0.1, -0.05) is 30.0 Å². The van der Waals surface area contributed by atoms with Crippen LogP contribution in [0, 0.1) is 0 Å². The van der Waals surface area contributed by atoms with Gasteiger partial charge in [0, 0.05) is 23.7 Å². The first-order valence-corrected chi connectivity index (χ1v) is 9.16. The summed E-state index contributed by atoms with van der Waals surface area (Å²) < 4.78 is 0.843. The van der Waals surface area contributed by atoms with Crippen LogP contribution in [-0.2, 0) is 4.79 Å². The van der Waals surface area contributed by atoms with Crippen molar-refractivity contribution in [1.29, 1.82) is 0 Å². The van der Waals surface area contributed by atoms with E-state index >= 15 is 0 Å². The molecule has 108 valence electrons. The van der Waals surface area contributed by atoms with Crippen LogP contribution < -0.4 is 5.32 Å². The van der Waals surface area contributed by atoms with E-state index in [2.05, 4.69) is 10.2 Å². The molecule has 0 aromatic heterocycles. The van der Waals surface area contributed by atoms with Gasteiger partial charge in [-0.15, -0.1) is 11.8 Å². The summed E-state index contributed by atoms with van der Waals surface area (Å²) in [4.78, 5) is 15.2. The molecule has 1 saturated heterocycles. The number of thioether (sulfide) groups is 2. The Hall–Kier alpha value is -0.720. The molecule has 0 saturated carbocycles. The molecular weight excluding hydrogens is 308 g/mol. The van der Waals surface area contributed by atoms with Gasteiger partial charge in [-0.3, -0.25) is 4.79 Å². The summed E-state index contributed by atoms with van der Waals surface area (Å²) in [6.45, 7) is 2.06. The van der Waals surface area contributed by atoms with Crippen molar-refractivity contribution in [3.8, 4) is 0 Å². The van der Waals surface area contributed by atoms with Gasteiger partial charge >= 0.3 is 0 Å². The lowest BCUT2D eigenvalue weighted by Crippen LogP contribution is -2.25. The lowest BCUT2D eigenvalue weighted by molar-refractivity contribution is -0.113. The molecule has 0 spiro atoms. The number of likely N-dealkylation sites (tertiary alicyclic amines) is 1. The monoisotopic (exact) mass is 326 g/mol. The normalized spacial score (nSPS) is 14.3. The third-order valence-electron chi connectivity index (χ3n) is 3.04. The first kappa shape index (κ1) is 15.7. The molecule has 0 radical (unpaired) electrons. The molecule has 20 heavy (non-hydrogen) atoms. The molecule has 6 heteroatoms. The SMILES string of the molecule is CSc1cccc(NC(=O)CSC(=S)N2CCCC2)c1. The molecule has 1 heterocycles. The minimum atomic E-state index is -0.00481. The molecule has 3 nitrogen and oxygen atoms in total. The van der Waals surface area contributed by atoms with Crippen LogP contribution in [0.25, 0.3) is 0 Å². The van der Waals surface area contributed by atoms with Gasteiger partial charge in [-0.05, 0) is 37.3 Å². The summed E-state index contributed by atoms with van der Waals surface area (Å²) in [6, 6.07) is 7.86. The van der Waals surface area contributed by atoms with E-state index in [1.165, 1.54) is 24.6 Å². The van der Waals surface area contributed by atoms with E-state index in [-0.39, 0.29) is 5.91 Å². The van der Waals surface area contributed by atoms with Crippen LogP contribution in [0.1, 0.15) is 12.8 Å². The topological polar surface area (TPSA) is 32.3 Å². The van der Waals surface area contributed by atoms with Crippen molar-refractivity contribution < 1.29 is 4.79 Å². The Morgan fingerprint density at radius 3 is 2.85 bits per heavy atom. The number of anilines is 1. The zero-order valence-corrected chi connectivity index (χ0v) is 13.9. The van der Waals surface area contributed by atoms with Crippen molar-refractivity contribution in [3.05, 3.63) is 24.3 Å². The van der Waals surface area contributed by atoms with Gasteiger partial charge in [0.1, 0.15) is 4.32 Å². The van der Waals surface area contributed by atoms with Crippen LogP contribution in [0.5, 0.6) is 0 Å². The van der Waals surface area contributed by atoms with Gasteiger partial charge in [0.05, 0.1) is 5.75 Å². The highest BCUT2D eigenvalue weighted by Crippen LogP contribution is 2.20. The van der Waals surface area contributed by atoms with E-state index in [1.54, 1.807) is 11.8 Å². The van der Waals surface area contributed by atoms with E-state index < -0.39 is 0 Å². The number of rotatable bonds is 4. The summed E-state index contributed by atoms with van der Waals surface area (Å²) in [5.41, 5.74) is 0.842. The van der Waals surface area contributed by atoms with E-state index in [9.17, 15) is 4.79 Å². The summed E-state index contributed by atoms with van der Waals surface area (Å²) in [7, 11) is 0. The van der Waals surface area contributed by atoms with Gasteiger partial charge in [-0.2, -0.15) is 0 Å². The maximum atomic E-state index is 11.9. The molecule has 1 aromatic rings. The highest BCUT2D eigenvalue weighted by molar-refractivity contribution is 8.23. The van der Waals surface area contributed by atoms with E-state index in [4.69, 9.17) is 12.2 Å². The highest BCUT2D eigenvalue weighted by Gasteiger charge is 2.16. The maximum absolute atomic E-state index is 11.9. The van der Waals surface area contributed by atoms with Crippen molar-refractivity contribution >= 4 is 51.7 Å². The number of nitrogens with zero attached hydrogens (tertiary/aromatic N) is 1. The molecule has 0 atom stereocenters. The Bertz CT molecular complexity index is 487. The summed E-state index contributed by atoms with van der Waals surface area (Å²) >= 11 is 8.45. The first-order valence-electron chi connectivity index (χ1n) is 6.54. The smallest absolute Gasteiger partial charge is 0.234 e. The molecule has 0 bridgehead atoms. The zero-order chi connectivity index (χ0) is 14.4. The number of hydrogen-bond acceptors (Lipinski definition) is 4. The number of carbonyl (C=O) groups excluding carboxylic acids is 1. The van der Waals surface area contributed by atoms with Gasteiger partial charge in [-0.25, -0.2) is 0 Å². The van der Waals surface area contributed by atoms with Crippen molar-refractivity contribution in [3.63, 3.8) is 0 Å². The van der Waals surface area contributed by atoms with Crippen LogP contribution in [0.15, 0.2) is 29.2 Å². The van der Waals surface area contributed by atoms with Crippen LogP contribution >= 0.6 is 35.7 Å². The molecule has 1 N–H and O–H groups in total. The Morgan fingerprint density at radius 1 is 1.40 bits per heavy atom. The van der Waals surface area contributed by atoms with Gasteiger partial charge in [0.25, 0.3) is 0 Å². The number of hydrogen-bond donors (Lipinski definition) is 1. The van der Waals surface area contributed by atoms with Crippen LogP contribution in [-0.4, -0.2) is 40.2 Å². The van der Waals surface area contributed by atoms with E-state index in [0.29, 0.717) is 5.75 Å². The summed E-state index contributed by atoms with van der Waals surface area (Å²) in [5.74, 6) is 0.369. The molecule has 0 aliphatic carbocycles. The minimum absolute atomic E-state index is 0.00481. The highest BCUT2D eigenvalue weighted by atomic mass is 32.2. The average Bonchev–Trinajstić information content (AvgIpc) is 2.99. The van der Waals surface area contributed by atoms with Crippen LogP contribution in [0.3, 0.4) is 0 Å². The number of benzene rings is 1. The largest absolute Gasteiger partial charge is 0.358 e. The lowest BCUT2D eigenvalue weighted by Gasteiger charge is -2.17. The second-order valence-corrected chi connectivity index (χ2v) is 7.02. The van der Waals surface area contributed by atoms with Gasteiger partial charge < -0.3 is 10.2 Å². The minimum Gasteiger partial charge on any atom is -0.358 e. The Labute approximate surface area is 133 Å². The third-order valence-corrected chi connectivity index (χ3v) is 5.29. The van der Waals surface area contributed by atoms with Crippen molar-refractivity contribution in [2.24, 2.45) is 0 Å². The lowest BCUT2D eigenvalue weighted by atomic mass is 10.3.